The summed E-state index contributed by atoms with van der Waals surface area (Å²) in [6.45, 7) is 5.12. The maximum atomic E-state index is 12.4. The topological polar surface area (TPSA) is 127 Å². The molecule has 0 atom stereocenters. The van der Waals surface area contributed by atoms with Crippen molar-refractivity contribution in [2.75, 3.05) is 12.3 Å². The number of nitrogens with zero attached hydrogens (tertiary/aromatic N) is 6. The highest BCUT2D eigenvalue weighted by molar-refractivity contribution is 5.96. The first-order valence-electron chi connectivity index (χ1n) is 10.1. The van der Waals surface area contributed by atoms with Crippen LogP contribution >= 0.6 is 0 Å². The molecule has 1 aromatic carbocycles. The number of amides is 1. The van der Waals surface area contributed by atoms with Gasteiger partial charge < -0.3 is 11.1 Å². The lowest BCUT2D eigenvalue weighted by Crippen LogP contribution is -2.22. The zero-order valence-corrected chi connectivity index (χ0v) is 17.3. The smallest absolute Gasteiger partial charge is 0.271 e. The third kappa shape index (κ3) is 3.59. The Hall–Kier alpha value is -4.19. The van der Waals surface area contributed by atoms with Crippen molar-refractivity contribution in [3.63, 3.8) is 0 Å². The van der Waals surface area contributed by atoms with Gasteiger partial charge in [-0.1, -0.05) is 19.1 Å². The normalized spacial score (nSPS) is 10.9. The lowest BCUT2D eigenvalue weighted by Gasteiger charge is -2.14. The van der Waals surface area contributed by atoms with E-state index >= 15 is 0 Å². The molecule has 3 aromatic heterocycles. The van der Waals surface area contributed by atoms with Crippen molar-refractivity contribution < 1.29 is 4.79 Å². The number of aryl methyl sites for hydroxylation is 1. The van der Waals surface area contributed by atoms with E-state index in [0.717, 1.165) is 17.7 Å². The molecule has 156 valence electrons. The van der Waals surface area contributed by atoms with Gasteiger partial charge in [0.05, 0.1) is 28.6 Å². The number of hydrogen-bond acceptors (Lipinski definition) is 6. The SMILES string of the molecule is CCCn1nccc1-c1c(-c2cccc(C#N)c2)nc(N)n2cc(C(=O)NCC)nc12. The van der Waals surface area contributed by atoms with E-state index in [1.165, 1.54) is 0 Å². The molecule has 0 aliphatic rings. The molecule has 0 spiro atoms. The number of nitrogens with one attached hydrogen (secondary N) is 1. The Morgan fingerprint density at radius 1 is 1.26 bits per heavy atom. The lowest BCUT2D eigenvalue weighted by molar-refractivity contribution is 0.0951. The predicted molar refractivity (Wildman–Crippen MR) is 117 cm³/mol. The van der Waals surface area contributed by atoms with E-state index in [-0.39, 0.29) is 17.5 Å². The standard InChI is InChI=1S/C22H22N8O/c1-3-10-30-17(8-9-26-30)18-19(15-7-5-6-14(11-15)12-23)28-22(24)29-13-16(27-20(18)29)21(31)25-4-2/h5-9,11,13H,3-4,10H2,1-2H3,(H2,24,28)(H,25,31). The van der Waals surface area contributed by atoms with Gasteiger partial charge in [-0.25, -0.2) is 9.97 Å². The molecular formula is C22H22N8O. The van der Waals surface area contributed by atoms with Crippen molar-refractivity contribution in [1.82, 2.24) is 29.5 Å². The van der Waals surface area contributed by atoms with Crippen LogP contribution in [0.5, 0.6) is 0 Å². The Labute approximate surface area is 179 Å². The van der Waals surface area contributed by atoms with E-state index < -0.39 is 0 Å². The van der Waals surface area contributed by atoms with Crippen LogP contribution in [-0.2, 0) is 6.54 Å². The first kappa shape index (κ1) is 20.1. The lowest BCUT2D eigenvalue weighted by atomic mass is 10.0. The van der Waals surface area contributed by atoms with Crippen LogP contribution in [0.2, 0.25) is 0 Å². The number of rotatable bonds is 6. The summed E-state index contributed by atoms with van der Waals surface area (Å²) in [6.07, 6.45) is 4.20. The fraction of sp³-hybridized carbons (Fsp3) is 0.227. The van der Waals surface area contributed by atoms with Gasteiger partial charge in [0.1, 0.15) is 5.69 Å². The first-order chi connectivity index (χ1) is 15.1. The van der Waals surface area contributed by atoms with Crippen LogP contribution in [0.15, 0.2) is 42.7 Å². The number of carbonyl (C=O) groups excluding carboxylic acids is 1. The Kier molecular flexibility index (Phi) is 5.37. The molecular weight excluding hydrogens is 392 g/mol. The van der Waals surface area contributed by atoms with Crippen molar-refractivity contribution >= 4 is 17.5 Å². The molecule has 0 bridgehead atoms. The Morgan fingerprint density at radius 2 is 2.10 bits per heavy atom. The number of fused-ring (bicyclic) bond motifs is 1. The van der Waals surface area contributed by atoms with Crippen LogP contribution in [0.1, 0.15) is 36.3 Å². The van der Waals surface area contributed by atoms with Gasteiger partial charge in [-0.15, -0.1) is 0 Å². The van der Waals surface area contributed by atoms with Gasteiger partial charge in [0.15, 0.2) is 5.65 Å². The maximum absolute atomic E-state index is 12.4. The molecule has 0 unspecified atom stereocenters. The fourth-order valence-corrected chi connectivity index (χ4v) is 3.54. The van der Waals surface area contributed by atoms with E-state index in [1.54, 1.807) is 35.0 Å². The molecule has 4 rings (SSSR count). The summed E-state index contributed by atoms with van der Waals surface area (Å²) in [5.74, 6) is -0.0904. The highest BCUT2D eigenvalue weighted by Crippen LogP contribution is 2.35. The number of hydrogen-bond donors (Lipinski definition) is 2. The first-order valence-corrected chi connectivity index (χ1v) is 10.1. The van der Waals surface area contributed by atoms with E-state index in [2.05, 4.69) is 33.4 Å². The summed E-state index contributed by atoms with van der Waals surface area (Å²) in [7, 11) is 0. The fourth-order valence-electron chi connectivity index (χ4n) is 3.54. The second-order valence-electron chi connectivity index (χ2n) is 7.01. The molecule has 0 aliphatic heterocycles. The molecule has 0 fully saturated rings. The molecule has 3 heterocycles. The molecule has 3 N–H and O–H groups in total. The Bertz CT molecular complexity index is 1310. The van der Waals surface area contributed by atoms with Gasteiger partial charge in [-0.2, -0.15) is 10.4 Å². The highest BCUT2D eigenvalue weighted by atomic mass is 16.1. The number of imidazole rings is 1. The molecule has 31 heavy (non-hydrogen) atoms. The number of nitriles is 1. The highest BCUT2D eigenvalue weighted by Gasteiger charge is 2.23. The number of nitrogens with two attached hydrogens (primary N) is 1. The van der Waals surface area contributed by atoms with Gasteiger partial charge >= 0.3 is 0 Å². The Balaban J connectivity index is 2.05. The summed E-state index contributed by atoms with van der Waals surface area (Å²) in [4.78, 5) is 21.7. The van der Waals surface area contributed by atoms with E-state index in [4.69, 9.17) is 5.73 Å². The monoisotopic (exact) mass is 414 g/mol. The van der Waals surface area contributed by atoms with Crippen LogP contribution in [0.4, 0.5) is 5.95 Å². The number of benzene rings is 1. The molecule has 4 aromatic rings. The number of carbonyl (C=O) groups is 1. The molecule has 9 nitrogen and oxygen atoms in total. The number of nitrogen functional groups attached to an aromatic ring is 1. The van der Waals surface area contributed by atoms with Crippen molar-refractivity contribution in [2.24, 2.45) is 0 Å². The van der Waals surface area contributed by atoms with E-state index in [9.17, 15) is 10.1 Å². The second-order valence-corrected chi connectivity index (χ2v) is 7.01. The van der Waals surface area contributed by atoms with Crippen molar-refractivity contribution in [3.05, 3.63) is 54.0 Å². The third-order valence-electron chi connectivity index (χ3n) is 4.88. The average Bonchev–Trinajstić information content (AvgIpc) is 3.42. The summed E-state index contributed by atoms with van der Waals surface area (Å²) < 4.78 is 3.49. The maximum Gasteiger partial charge on any atom is 0.271 e. The molecule has 0 radical (unpaired) electrons. The molecule has 0 saturated carbocycles. The van der Waals surface area contributed by atoms with Crippen LogP contribution in [-0.4, -0.2) is 36.6 Å². The molecule has 1 amide bonds. The summed E-state index contributed by atoms with van der Waals surface area (Å²) >= 11 is 0. The second kappa shape index (κ2) is 8.28. The summed E-state index contributed by atoms with van der Waals surface area (Å²) in [5, 5.41) is 16.5. The van der Waals surface area contributed by atoms with E-state index in [1.807, 2.05) is 23.7 Å². The van der Waals surface area contributed by atoms with Crippen LogP contribution < -0.4 is 11.1 Å². The van der Waals surface area contributed by atoms with E-state index in [0.29, 0.717) is 35.6 Å². The number of aromatic nitrogens is 5. The largest absolute Gasteiger partial charge is 0.369 e. The van der Waals surface area contributed by atoms with Crippen LogP contribution in [0, 0.1) is 11.3 Å². The van der Waals surface area contributed by atoms with Crippen molar-refractivity contribution in [2.45, 2.75) is 26.8 Å². The zero-order valence-electron chi connectivity index (χ0n) is 17.3. The van der Waals surface area contributed by atoms with Crippen LogP contribution in [0.25, 0.3) is 28.2 Å². The predicted octanol–water partition coefficient (Wildman–Crippen LogP) is 2.87. The zero-order chi connectivity index (χ0) is 22.0. The Morgan fingerprint density at radius 3 is 2.84 bits per heavy atom. The molecule has 9 heteroatoms. The number of anilines is 1. The summed E-state index contributed by atoms with van der Waals surface area (Å²) in [5.41, 5.74) is 10.3. The minimum absolute atomic E-state index is 0.195. The van der Waals surface area contributed by atoms with Crippen molar-refractivity contribution in [3.8, 4) is 28.6 Å². The molecule has 0 aliphatic carbocycles. The quantitative estimate of drug-likeness (QED) is 0.499. The van der Waals surface area contributed by atoms with Crippen LogP contribution in [0.3, 0.4) is 0 Å². The van der Waals surface area contributed by atoms with Gasteiger partial charge in [-0.3, -0.25) is 13.9 Å². The summed E-state index contributed by atoms with van der Waals surface area (Å²) in [6, 6.07) is 11.2. The minimum Gasteiger partial charge on any atom is -0.369 e. The van der Waals surface area contributed by atoms with Gasteiger partial charge in [-0.05, 0) is 31.5 Å². The average molecular weight is 414 g/mol. The third-order valence-corrected chi connectivity index (χ3v) is 4.88. The minimum atomic E-state index is -0.286. The van der Waals surface area contributed by atoms with Gasteiger partial charge in [0.25, 0.3) is 5.91 Å². The van der Waals surface area contributed by atoms with Gasteiger partial charge in [0.2, 0.25) is 5.95 Å². The van der Waals surface area contributed by atoms with Gasteiger partial charge in [0, 0.05) is 31.0 Å². The van der Waals surface area contributed by atoms with Crippen molar-refractivity contribution in [1.29, 1.82) is 5.26 Å². The molecule has 0 saturated heterocycles.